The Hall–Kier alpha value is -1.39. The third-order valence-corrected chi connectivity index (χ3v) is 3.26. The fraction of sp³-hybridized carbons (Fsp3) is 0.727. The molecule has 0 spiro atoms. The van der Waals surface area contributed by atoms with Crippen LogP contribution in [0.1, 0.15) is 36.8 Å². The molecule has 0 atom stereocenters. The number of nitrogens with zero attached hydrogens (tertiary/aromatic N) is 3. The first kappa shape index (κ1) is 11.1. The van der Waals surface area contributed by atoms with E-state index in [2.05, 4.69) is 21.7 Å². The first-order valence-corrected chi connectivity index (χ1v) is 5.70. The molecule has 1 aromatic rings. The molecule has 1 aromatic heterocycles. The summed E-state index contributed by atoms with van der Waals surface area (Å²) in [5, 5.41) is 4.08. The molecule has 0 aromatic carbocycles. The molecule has 0 aliphatic heterocycles. The zero-order valence-corrected chi connectivity index (χ0v) is 9.72. The lowest BCUT2D eigenvalue weighted by atomic mass is 9.74. The third kappa shape index (κ3) is 2.23. The maximum atomic E-state index is 11.1. The monoisotopic (exact) mass is 223 g/mol. The van der Waals surface area contributed by atoms with Crippen molar-refractivity contribution in [3.63, 3.8) is 0 Å². The topological polar surface area (TPSA) is 57.0 Å². The van der Waals surface area contributed by atoms with Crippen LogP contribution in [0.4, 0.5) is 0 Å². The summed E-state index contributed by atoms with van der Waals surface area (Å²) in [5.41, 5.74) is 0. The Morgan fingerprint density at radius 3 is 2.94 bits per heavy atom. The molecular formula is C11H17N3O2. The summed E-state index contributed by atoms with van der Waals surface area (Å²) in [4.78, 5) is 15.0. The van der Waals surface area contributed by atoms with E-state index in [0.717, 1.165) is 12.5 Å². The molecule has 1 heterocycles. The van der Waals surface area contributed by atoms with Gasteiger partial charge in [0.1, 0.15) is 6.33 Å². The Labute approximate surface area is 94.8 Å². The van der Waals surface area contributed by atoms with Gasteiger partial charge in [0.2, 0.25) is 0 Å². The predicted molar refractivity (Wildman–Crippen MR) is 57.9 cm³/mol. The van der Waals surface area contributed by atoms with Crippen LogP contribution >= 0.6 is 0 Å². The average Bonchev–Trinajstić information content (AvgIpc) is 2.70. The van der Waals surface area contributed by atoms with Gasteiger partial charge in [0.05, 0.1) is 7.11 Å². The largest absolute Gasteiger partial charge is 0.463 e. The van der Waals surface area contributed by atoms with E-state index in [0.29, 0.717) is 5.92 Å². The number of aromatic nitrogens is 3. The Kier molecular flexibility index (Phi) is 3.22. The van der Waals surface area contributed by atoms with Crippen LogP contribution in [-0.4, -0.2) is 27.8 Å². The number of hydrogen-bond acceptors (Lipinski definition) is 4. The molecule has 0 N–H and O–H groups in total. The van der Waals surface area contributed by atoms with Gasteiger partial charge < -0.3 is 4.74 Å². The maximum Gasteiger partial charge on any atom is 0.377 e. The minimum Gasteiger partial charge on any atom is -0.463 e. The second-order valence-electron chi connectivity index (χ2n) is 4.39. The van der Waals surface area contributed by atoms with Crippen molar-refractivity contribution in [2.24, 2.45) is 11.8 Å². The van der Waals surface area contributed by atoms with Gasteiger partial charge in [-0.1, -0.05) is 13.3 Å². The Morgan fingerprint density at radius 1 is 1.56 bits per heavy atom. The molecule has 0 radical (unpaired) electrons. The SMILES string of the molecule is CCC1CC(Cn2cnc(C(=O)OC)n2)C1. The highest BCUT2D eigenvalue weighted by Crippen LogP contribution is 2.36. The Morgan fingerprint density at radius 2 is 2.31 bits per heavy atom. The first-order valence-electron chi connectivity index (χ1n) is 5.70. The van der Waals surface area contributed by atoms with Crippen LogP contribution in [0.15, 0.2) is 6.33 Å². The zero-order valence-electron chi connectivity index (χ0n) is 9.72. The van der Waals surface area contributed by atoms with Gasteiger partial charge in [-0.25, -0.2) is 9.78 Å². The predicted octanol–water partition coefficient (Wildman–Crippen LogP) is 1.50. The number of hydrogen-bond donors (Lipinski definition) is 0. The molecule has 5 nitrogen and oxygen atoms in total. The number of carbonyl (C=O) groups is 1. The summed E-state index contributed by atoms with van der Waals surface area (Å²) < 4.78 is 6.29. The molecule has 1 fully saturated rings. The van der Waals surface area contributed by atoms with Crippen molar-refractivity contribution in [2.75, 3.05) is 7.11 Å². The van der Waals surface area contributed by atoms with Gasteiger partial charge in [0.15, 0.2) is 0 Å². The van der Waals surface area contributed by atoms with Crippen molar-refractivity contribution < 1.29 is 9.53 Å². The van der Waals surface area contributed by atoms with Crippen molar-refractivity contribution in [1.82, 2.24) is 14.8 Å². The average molecular weight is 223 g/mol. The summed E-state index contributed by atoms with van der Waals surface area (Å²) in [6, 6.07) is 0. The van der Waals surface area contributed by atoms with E-state index in [1.54, 1.807) is 11.0 Å². The Balaban J connectivity index is 1.87. The van der Waals surface area contributed by atoms with Crippen LogP contribution in [0.3, 0.4) is 0 Å². The number of rotatable bonds is 4. The smallest absolute Gasteiger partial charge is 0.377 e. The number of carbonyl (C=O) groups excluding carboxylic acids is 1. The van der Waals surface area contributed by atoms with E-state index >= 15 is 0 Å². The van der Waals surface area contributed by atoms with Crippen molar-refractivity contribution >= 4 is 5.97 Å². The van der Waals surface area contributed by atoms with Gasteiger partial charge in [0.25, 0.3) is 5.82 Å². The lowest BCUT2D eigenvalue weighted by Crippen LogP contribution is -2.27. The highest BCUT2D eigenvalue weighted by Gasteiger charge is 2.28. The van der Waals surface area contributed by atoms with Gasteiger partial charge >= 0.3 is 5.97 Å². The van der Waals surface area contributed by atoms with E-state index in [1.807, 2.05) is 0 Å². The van der Waals surface area contributed by atoms with Crippen LogP contribution < -0.4 is 0 Å². The minimum absolute atomic E-state index is 0.147. The number of methoxy groups -OCH3 is 1. The van der Waals surface area contributed by atoms with Crippen LogP contribution in [0.25, 0.3) is 0 Å². The van der Waals surface area contributed by atoms with E-state index < -0.39 is 5.97 Å². The summed E-state index contributed by atoms with van der Waals surface area (Å²) in [5.74, 6) is 1.25. The lowest BCUT2D eigenvalue weighted by Gasteiger charge is -2.34. The molecule has 88 valence electrons. The maximum absolute atomic E-state index is 11.1. The van der Waals surface area contributed by atoms with E-state index in [4.69, 9.17) is 0 Å². The van der Waals surface area contributed by atoms with E-state index in [1.165, 1.54) is 26.4 Å². The molecule has 0 bridgehead atoms. The fourth-order valence-electron chi connectivity index (χ4n) is 2.19. The van der Waals surface area contributed by atoms with Gasteiger partial charge in [0, 0.05) is 6.54 Å². The molecule has 1 aliphatic rings. The van der Waals surface area contributed by atoms with Crippen LogP contribution in [-0.2, 0) is 11.3 Å². The second kappa shape index (κ2) is 4.63. The van der Waals surface area contributed by atoms with Crippen LogP contribution in [0.2, 0.25) is 0 Å². The van der Waals surface area contributed by atoms with E-state index in [9.17, 15) is 4.79 Å². The summed E-state index contributed by atoms with van der Waals surface area (Å²) in [6.45, 7) is 3.09. The molecule has 1 aliphatic carbocycles. The molecule has 0 unspecified atom stereocenters. The zero-order chi connectivity index (χ0) is 11.5. The quantitative estimate of drug-likeness (QED) is 0.726. The molecule has 16 heavy (non-hydrogen) atoms. The fourth-order valence-corrected chi connectivity index (χ4v) is 2.19. The third-order valence-electron chi connectivity index (χ3n) is 3.26. The van der Waals surface area contributed by atoms with Gasteiger partial charge in [-0.3, -0.25) is 4.68 Å². The van der Waals surface area contributed by atoms with E-state index in [-0.39, 0.29) is 5.82 Å². The number of ether oxygens (including phenoxy) is 1. The van der Waals surface area contributed by atoms with Gasteiger partial charge in [-0.2, -0.15) is 0 Å². The molecule has 5 heteroatoms. The van der Waals surface area contributed by atoms with Crippen LogP contribution in [0, 0.1) is 11.8 Å². The minimum atomic E-state index is -0.473. The first-order chi connectivity index (χ1) is 7.72. The summed E-state index contributed by atoms with van der Waals surface area (Å²) in [6.07, 6.45) is 5.40. The van der Waals surface area contributed by atoms with Crippen molar-refractivity contribution in [3.8, 4) is 0 Å². The highest BCUT2D eigenvalue weighted by atomic mass is 16.5. The van der Waals surface area contributed by atoms with Crippen molar-refractivity contribution in [3.05, 3.63) is 12.2 Å². The van der Waals surface area contributed by atoms with Gasteiger partial charge in [-0.05, 0) is 24.7 Å². The highest BCUT2D eigenvalue weighted by molar-refractivity contribution is 5.84. The second-order valence-corrected chi connectivity index (χ2v) is 4.39. The molecule has 2 rings (SSSR count). The number of esters is 1. The summed E-state index contributed by atoms with van der Waals surface area (Å²) >= 11 is 0. The molecule has 0 saturated heterocycles. The normalized spacial score (nSPS) is 23.9. The standard InChI is InChI=1S/C11H17N3O2/c1-3-8-4-9(5-8)6-14-7-12-10(13-14)11(15)16-2/h7-9H,3-6H2,1-2H3. The van der Waals surface area contributed by atoms with Crippen molar-refractivity contribution in [2.45, 2.75) is 32.7 Å². The van der Waals surface area contributed by atoms with Crippen molar-refractivity contribution in [1.29, 1.82) is 0 Å². The van der Waals surface area contributed by atoms with Gasteiger partial charge in [-0.15, -0.1) is 5.10 Å². The lowest BCUT2D eigenvalue weighted by molar-refractivity contribution is 0.0585. The van der Waals surface area contributed by atoms with Crippen LogP contribution in [0.5, 0.6) is 0 Å². The molecular weight excluding hydrogens is 206 g/mol. The Bertz CT molecular complexity index is 369. The molecule has 1 saturated carbocycles. The summed E-state index contributed by atoms with van der Waals surface area (Å²) in [7, 11) is 1.33. The molecule has 0 amide bonds.